The fraction of sp³-hybridized carbons (Fsp3) is 0.235. The number of aryl methyl sites for hydroxylation is 2. The Bertz CT molecular complexity index is 587. The Morgan fingerprint density at radius 1 is 1.10 bits per heavy atom. The van der Waals surface area contributed by atoms with Crippen LogP contribution in [0.4, 0.5) is 0 Å². The lowest BCUT2D eigenvalue weighted by Crippen LogP contribution is -2.29. The van der Waals surface area contributed by atoms with E-state index >= 15 is 0 Å². The molecule has 0 aliphatic carbocycles. The molecule has 0 spiro atoms. The monoisotopic (exact) mass is 270 g/mol. The van der Waals surface area contributed by atoms with E-state index in [1.807, 2.05) is 56.3 Å². The van der Waals surface area contributed by atoms with Crippen LogP contribution in [-0.2, 0) is 11.2 Å². The molecule has 3 heteroatoms. The van der Waals surface area contributed by atoms with Gasteiger partial charge >= 0.3 is 5.97 Å². The summed E-state index contributed by atoms with van der Waals surface area (Å²) in [6.07, 6.45) is -0.525. The maximum atomic E-state index is 11.3. The predicted molar refractivity (Wildman–Crippen MR) is 78.1 cm³/mol. The first-order valence-electron chi connectivity index (χ1n) is 6.56. The van der Waals surface area contributed by atoms with Crippen LogP contribution in [0.1, 0.15) is 16.7 Å². The van der Waals surface area contributed by atoms with Gasteiger partial charge in [-0.3, -0.25) is 0 Å². The molecule has 0 fully saturated rings. The third-order valence-electron chi connectivity index (χ3n) is 3.09. The van der Waals surface area contributed by atoms with E-state index in [2.05, 4.69) is 0 Å². The Hall–Kier alpha value is -2.29. The number of hydrogen-bond donors (Lipinski definition) is 1. The molecule has 20 heavy (non-hydrogen) atoms. The normalized spacial score (nSPS) is 11.9. The largest absolute Gasteiger partial charge is 0.478 e. The van der Waals surface area contributed by atoms with Gasteiger partial charge in [0.2, 0.25) is 0 Å². The van der Waals surface area contributed by atoms with Crippen LogP contribution in [-0.4, -0.2) is 17.2 Å². The van der Waals surface area contributed by atoms with Gasteiger partial charge in [-0.1, -0.05) is 42.0 Å². The van der Waals surface area contributed by atoms with Crippen LogP contribution < -0.4 is 4.74 Å². The molecule has 0 aliphatic rings. The SMILES string of the molecule is Cc1ccc(C[C@@H](Oc2cccc(C)c2)C(=O)O)cc1. The van der Waals surface area contributed by atoms with E-state index in [1.54, 1.807) is 6.07 Å². The van der Waals surface area contributed by atoms with E-state index in [4.69, 9.17) is 4.74 Å². The predicted octanol–water partition coefficient (Wildman–Crippen LogP) is 3.38. The lowest BCUT2D eigenvalue weighted by molar-refractivity contribution is -0.145. The van der Waals surface area contributed by atoms with Crippen molar-refractivity contribution < 1.29 is 14.6 Å². The topological polar surface area (TPSA) is 46.5 Å². The zero-order valence-corrected chi connectivity index (χ0v) is 11.7. The molecule has 104 valence electrons. The molecule has 2 aromatic rings. The fourth-order valence-corrected chi connectivity index (χ4v) is 1.97. The molecule has 0 aromatic heterocycles. The molecule has 1 N–H and O–H groups in total. The van der Waals surface area contributed by atoms with Crippen LogP contribution in [0.3, 0.4) is 0 Å². The van der Waals surface area contributed by atoms with E-state index in [1.165, 1.54) is 0 Å². The van der Waals surface area contributed by atoms with Gasteiger partial charge in [0.15, 0.2) is 6.10 Å². The minimum Gasteiger partial charge on any atom is -0.478 e. The first-order valence-corrected chi connectivity index (χ1v) is 6.56. The number of carbonyl (C=O) groups is 1. The minimum atomic E-state index is -0.952. The maximum Gasteiger partial charge on any atom is 0.345 e. The highest BCUT2D eigenvalue weighted by atomic mass is 16.5. The van der Waals surface area contributed by atoms with Crippen LogP contribution in [0.2, 0.25) is 0 Å². The van der Waals surface area contributed by atoms with Gasteiger partial charge in [-0.2, -0.15) is 0 Å². The Kier molecular flexibility index (Phi) is 4.41. The van der Waals surface area contributed by atoms with Gasteiger partial charge in [0.1, 0.15) is 5.75 Å². The van der Waals surface area contributed by atoms with Gasteiger partial charge in [0.25, 0.3) is 0 Å². The highest BCUT2D eigenvalue weighted by molar-refractivity contribution is 5.73. The summed E-state index contributed by atoms with van der Waals surface area (Å²) in [5, 5.41) is 9.29. The first-order chi connectivity index (χ1) is 9.54. The average Bonchev–Trinajstić information content (AvgIpc) is 2.40. The van der Waals surface area contributed by atoms with Crippen molar-refractivity contribution in [1.82, 2.24) is 0 Å². The molecule has 0 amide bonds. The molecule has 0 heterocycles. The lowest BCUT2D eigenvalue weighted by atomic mass is 10.1. The summed E-state index contributed by atoms with van der Waals surface area (Å²) in [7, 11) is 0. The smallest absolute Gasteiger partial charge is 0.345 e. The van der Waals surface area contributed by atoms with Crippen LogP contribution in [0, 0.1) is 13.8 Å². The summed E-state index contributed by atoms with van der Waals surface area (Å²) in [6, 6.07) is 15.2. The zero-order valence-electron chi connectivity index (χ0n) is 11.7. The standard InChI is InChI=1S/C17H18O3/c1-12-6-8-14(9-7-12)11-16(17(18)19)20-15-5-3-4-13(2)10-15/h3-10,16H,11H2,1-2H3,(H,18,19)/t16-/m1/s1. The summed E-state index contributed by atoms with van der Waals surface area (Å²) in [4.78, 5) is 11.3. The van der Waals surface area contributed by atoms with Crippen molar-refractivity contribution >= 4 is 5.97 Å². The molecule has 1 atom stereocenters. The number of rotatable bonds is 5. The average molecular weight is 270 g/mol. The first kappa shape index (κ1) is 14.1. The number of carboxylic acids is 1. The minimum absolute atomic E-state index is 0.351. The fourth-order valence-electron chi connectivity index (χ4n) is 1.97. The van der Waals surface area contributed by atoms with Gasteiger partial charge in [-0.15, -0.1) is 0 Å². The summed E-state index contributed by atoms with van der Waals surface area (Å²) >= 11 is 0. The van der Waals surface area contributed by atoms with Gasteiger partial charge in [-0.05, 0) is 37.1 Å². The summed E-state index contributed by atoms with van der Waals surface area (Å²) in [5.41, 5.74) is 3.15. The molecule has 2 rings (SSSR count). The second-order valence-corrected chi connectivity index (χ2v) is 4.95. The third kappa shape index (κ3) is 3.85. The summed E-state index contributed by atoms with van der Waals surface area (Å²) < 4.78 is 5.59. The van der Waals surface area contributed by atoms with Crippen molar-refractivity contribution in [3.05, 3.63) is 65.2 Å². The third-order valence-corrected chi connectivity index (χ3v) is 3.09. The lowest BCUT2D eigenvalue weighted by Gasteiger charge is -2.15. The Labute approximate surface area is 118 Å². The van der Waals surface area contributed by atoms with Crippen LogP contribution in [0.5, 0.6) is 5.75 Å². The van der Waals surface area contributed by atoms with Crippen molar-refractivity contribution in [3.63, 3.8) is 0 Å². The van der Waals surface area contributed by atoms with E-state index in [0.717, 1.165) is 16.7 Å². The summed E-state index contributed by atoms with van der Waals surface area (Å²) in [5.74, 6) is -0.364. The van der Waals surface area contributed by atoms with Gasteiger partial charge in [0.05, 0.1) is 0 Å². The van der Waals surface area contributed by atoms with E-state index in [9.17, 15) is 9.90 Å². The quantitative estimate of drug-likeness (QED) is 0.906. The number of ether oxygens (including phenoxy) is 1. The molecule has 2 aromatic carbocycles. The molecular formula is C17H18O3. The molecule has 0 aliphatic heterocycles. The Morgan fingerprint density at radius 3 is 2.40 bits per heavy atom. The van der Waals surface area contributed by atoms with Crippen LogP contribution in [0.15, 0.2) is 48.5 Å². The van der Waals surface area contributed by atoms with Crippen molar-refractivity contribution in [2.75, 3.05) is 0 Å². The van der Waals surface area contributed by atoms with Crippen molar-refractivity contribution in [3.8, 4) is 5.75 Å². The highest BCUT2D eigenvalue weighted by Gasteiger charge is 2.20. The molecule has 0 bridgehead atoms. The zero-order chi connectivity index (χ0) is 14.5. The Morgan fingerprint density at radius 2 is 1.80 bits per heavy atom. The van der Waals surface area contributed by atoms with E-state index in [0.29, 0.717) is 12.2 Å². The highest BCUT2D eigenvalue weighted by Crippen LogP contribution is 2.16. The van der Waals surface area contributed by atoms with Gasteiger partial charge in [0, 0.05) is 6.42 Å². The van der Waals surface area contributed by atoms with Crippen molar-refractivity contribution in [1.29, 1.82) is 0 Å². The number of benzene rings is 2. The molecule has 3 nitrogen and oxygen atoms in total. The Balaban J connectivity index is 2.11. The number of hydrogen-bond acceptors (Lipinski definition) is 2. The van der Waals surface area contributed by atoms with E-state index < -0.39 is 12.1 Å². The summed E-state index contributed by atoms with van der Waals surface area (Å²) in [6.45, 7) is 3.95. The second kappa shape index (κ2) is 6.24. The van der Waals surface area contributed by atoms with E-state index in [-0.39, 0.29) is 0 Å². The molecule has 0 saturated carbocycles. The van der Waals surface area contributed by atoms with Gasteiger partial charge in [-0.25, -0.2) is 4.79 Å². The molecule has 0 saturated heterocycles. The van der Waals surface area contributed by atoms with Crippen molar-refractivity contribution in [2.24, 2.45) is 0 Å². The van der Waals surface area contributed by atoms with Crippen molar-refractivity contribution in [2.45, 2.75) is 26.4 Å². The number of carboxylic acid groups (broad SMARTS) is 1. The van der Waals surface area contributed by atoms with Crippen LogP contribution >= 0.6 is 0 Å². The van der Waals surface area contributed by atoms with Crippen LogP contribution in [0.25, 0.3) is 0 Å². The van der Waals surface area contributed by atoms with Gasteiger partial charge < -0.3 is 9.84 Å². The molecular weight excluding hydrogens is 252 g/mol. The number of aliphatic carboxylic acids is 1. The molecule has 0 radical (unpaired) electrons. The molecule has 0 unspecified atom stereocenters. The maximum absolute atomic E-state index is 11.3. The second-order valence-electron chi connectivity index (χ2n) is 4.95.